The molecule has 13 rings (SSSR count). The molecule has 0 N–H and O–H groups in total. The van der Waals surface area contributed by atoms with E-state index in [1.54, 1.807) is 11.1 Å². The summed E-state index contributed by atoms with van der Waals surface area (Å²) in [5, 5.41) is 2.66. The number of rotatable bonds is 5. The SMILES string of the molecule is c1ccc(-c2ccc(N(c3ccc4c(c3)C3(c5ccccc5-4)C4CC5CC(C4)CC3C5)c3cccc4sc5ccccc5c34)c(-c3ccccc3)c2)cc1. The predicted octanol–water partition coefficient (Wildman–Crippen LogP) is 14.6. The zero-order valence-electron chi connectivity index (χ0n) is 30.3. The minimum absolute atomic E-state index is 0.0988. The van der Waals surface area contributed by atoms with Gasteiger partial charge >= 0.3 is 0 Å². The molecule has 0 atom stereocenters. The highest BCUT2D eigenvalue weighted by Gasteiger charge is 2.61. The van der Waals surface area contributed by atoms with Crippen molar-refractivity contribution >= 4 is 48.6 Å². The highest BCUT2D eigenvalue weighted by atomic mass is 32.1. The van der Waals surface area contributed by atoms with E-state index in [1.807, 2.05) is 11.3 Å². The van der Waals surface area contributed by atoms with Crippen molar-refractivity contribution in [2.75, 3.05) is 4.90 Å². The third kappa shape index (κ3) is 4.38. The van der Waals surface area contributed by atoms with Crippen LogP contribution in [0.1, 0.15) is 43.2 Å². The molecule has 54 heavy (non-hydrogen) atoms. The molecule has 260 valence electrons. The summed E-state index contributed by atoms with van der Waals surface area (Å²) >= 11 is 1.90. The quantitative estimate of drug-likeness (QED) is 0.172. The van der Waals surface area contributed by atoms with Gasteiger partial charge in [0, 0.05) is 36.8 Å². The third-order valence-corrected chi connectivity index (χ3v) is 15.0. The van der Waals surface area contributed by atoms with Gasteiger partial charge in [0.1, 0.15) is 0 Å². The summed E-state index contributed by atoms with van der Waals surface area (Å²) < 4.78 is 2.66. The number of benzene rings is 7. The maximum atomic E-state index is 2.66. The summed E-state index contributed by atoms with van der Waals surface area (Å²) in [6.45, 7) is 0. The van der Waals surface area contributed by atoms with Crippen molar-refractivity contribution in [2.45, 2.75) is 37.5 Å². The lowest BCUT2D eigenvalue weighted by molar-refractivity contribution is -0.0399. The van der Waals surface area contributed by atoms with Gasteiger partial charge in [-0.15, -0.1) is 11.3 Å². The summed E-state index contributed by atoms with van der Waals surface area (Å²) in [7, 11) is 0. The van der Waals surface area contributed by atoms with Crippen LogP contribution in [0.4, 0.5) is 17.1 Å². The maximum Gasteiger partial charge on any atom is 0.0555 e. The summed E-state index contributed by atoms with van der Waals surface area (Å²) in [5.74, 6) is 3.26. The van der Waals surface area contributed by atoms with Crippen LogP contribution < -0.4 is 4.90 Å². The number of hydrogen-bond acceptors (Lipinski definition) is 2. The topological polar surface area (TPSA) is 3.24 Å². The van der Waals surface area contributed by atoms with Gasteiger partial charge in [0.05, 0.1) is 11.4 Å². The van der Waals surface area contributed by atoms with Crippen LogP contribution in [0.2, 0.25) is 0 Å². The van der Waals surface area contributed by atoms with Crippen LogP contribution in [0.5, 0.6) is 0 Å². The van der Waals surface area contributed by atoms with Crippen molar-refractivity contribution in [1.82, 2.24) is 0 Å². The van der Waals surface area contributed by atoms with E-state index in [0.717, 1.165) is 11.8 Å². The highest BCUT2D eigenvalue weighted by Crippen LogP contribution is 2.69. The van der Waals surface area contributed by atoms with Crippen LogP contribution in [-0.4, -0.2) is 0 Å². The summed E-state index contributed by atoms with van der Waals surface area (Å²) in [4.78, 5) is 2.62. The molecule has 5 aliphatic rings. The van der Waals surface area contributed by atoms with E-state index in [9.17, 15) is 0 Å². The predicted molar refractivity (Wildman–Crippen MR) is 228 cm³/mol. The molecule has 1 aromatic heterocycles. The van der Waals surface area contributed by atoms with E-state index in [2.05, 4.69) is 169 Å². The highest BCUT2D eigenvalue weighted by molar-refractivity contribution is 7.26. The van der Waals surface area contributed by atoms with Crippen LogP contribution in [0.25, 0.3) is 53.6 Å². The first-order valence-electron chi connectivity index (χ1n) is 19.9. The fourth-order valence-electron chi connectivity index (χ4n) is 12.0. The molecule has 8 aromatic rings. The molecule has 0 aliphatic heterocycles. The molecular formula is C52H41NS. The van der Waals surface area contributed by atoms with Gasteiger partial charge in [-0.1, -0.05) is 121 Å². The Balaban J connectivity index is 1.15. The van der Waals surface area contributed by atoms with Gasteiger partial charge in [0.15, 0.2) is 0 Å². The van der Waals surface area contributed by atoms with Crippen LogP contribution in [0.3, 0.4) is 0 Å². The minimum atomic E-state index is 0.0988. The lowest BCUT2D eigenvalue weighted by atomic mass is 9.43. The first-order chi connectivity index (χ1) is 26.7. The molecule has 0 saturated heterocycles. The Morgan fingerprint density at radius 2 is 1.11 bits per heavy atom. The molecule has 2 heteroatoms. The molecule has 4 bridgehead atoms. The van der Waals surface area contributed by atoms with Gasteiger partial charge < -0.3 is 4.90 Å². The average Bonchev–Trinajstić information content (AvgIpc) is 3.75. The molecule has 0 amide bonds. The Hall–Kier alpha value is -5.44. The van der Waals surface area contributed by atoms with Gasteiger partial charge in [-0.2, -0.15) is 0 Å². The molecule has 1 heterocycles. The largest absolute Gasteiger partial charge is 0.309 e. The number of fused-ring (bicyclic) bond motifs is 6. The van der Waals surface area contributed by atoms with Gasteiger partial charge in [-0.25, -0.2) is 0 Å². The molecule has 1 spiro atoms. The number of anilines is 3. The van der Waals surface area contributed by atoms with Crippen LogP contribution in [0, 0.1) is 23.7 Å². The van der Waals surface area contributed by atoms with Crippen molar-refractivity contribution < 1.29 is 0 Å². The molecule has 1 nitrogen and oxygen atoms in total. The Labute approximate surface area is 321 Å². The van der Waals surface area contributed by atoms with E-state index < -0.39 is 0 Å². The van der Waals surface area contributed by atoms with Gasteiger partial charge in [-0.3, -0.25) is 0 Å². The monoisotopic (exact) mass is 711 g/mol. The standard InChI is InChI=1S/C52H41NS/c1-3-12-35(13-4-1)37-22-25-47(44(31-37)36-14-5-2-6-15-36)53(48-19-11-21-50-51(48)43-17-8-10-20-49(43)54-50)40-23-24-42-41-16-7-9-18-45(41)52(46(42)32-40)38-27-33-26-34(29-38)30-39(52)28-33/h1-25,31-34,38-39H,26-30H2. The van der Waals surface area contributed by atoms with Crippen molar-refractivity contribution in [3.05, 3.63) is 175 Å². The van der Waals surface area contributed by atoms with Crippen molar-refractivity contribution in [3.63, 3.8) is 0 Å². The molecule has 7 aromatic carbocycles. The zero-order valence-corrected chi connectivity index (χ0v) is 31.1. The van der Waals surface area contributed by atoms with Crippen LogP contribution in [-0.2, 0) is 5.41 Å². The maximum absolute atomic E-state index is 2.66. The van der Waals surface area contributed by atoms with E-state index in [-0.39, 0.29) is 5.41 Å². The van der Waals surface area contributed by atoms with Gasteiger partial charge in [0.2, 0.25) is 0 Å². The molecule has 5 aliphatic carbocycles. The van der Waals surface area contributed by atoms with Crippen LogP contribution >= 0.6 is 11.3 Å². The summed E-state index contributed by atoms with van der Waals surface area (Å²) in [5.41, 5.74) is 14.9. The average molecular weight is 712 g/mol. The fraction of sp³-hybridized carbons (Fsp3) is 0.192. The first kappa shape index (κ1) is 31.0. The first-order valence-corrected chi connectivity index (χ1v) is 20.8. The van der Waals surface area contributed by atoms with E-state index in [1.165, 1.54) is 103 Å². The summed E-state index contributed by atoms with van der Waals surface area (Å²) in [6, 6.07) is 62.0. The second-order valence-corrected chi connectivity index (χ2v) is 17.6. The Kier molecular flexibility index (Phi) is 6.75. The van der Waals surface area contributed by atoms with E-state index in [0.29, 0.717) is 11.8 Å². The molecule has 4 saturated carbocycles. The molecule has 0 unspecified atom stereocenters. The normalized spacial score (nSPS) is 23.3. The van der Waals surface area contributed by atoms with Crippen molar-refractivity contribution in [1.29, 1.82) is 0 Å². The van der Waals surface area contributed by atoms with Crippen LogP contribution in [0.15, 0.2) is 164 Å². The smallest absolute Gasteiger partial charge is 0.0555 e. The second-order valence-electron chi connectivity index (χ2n) is 16.5. The van der Waals surface area contributed by atoms with E-state index in [4.69, 9.17) is 0 Å². The Morgan fingerprint density at radius 1 is 0.444 bits per heavy atom. The Morgan fingerprint density at radius 3 is 1.91 bits per heavy atom. The fourth-order valence-corrected chi connectivity index (χ4v) is 13.1. The lowest BCUT2D eigenvalue weighted by Crippen LogP contribution is -2.55. The minimum Gasteiger partial charge on any atom is -0.309 e. The summed E-state index contributed by atoms with van der Waals surface area (Å²) in [6.07, 6.45) is 7.00. The molecule has 0 radical (unpaired) electrons. The molecule has 4 fully saturated rings. The van der Waals surface area contributed by atoms with Crippen molar-refractivity contribution in [2.24, 2.45) is 23.7 Å². The van der Waals surface area contributed by atoms with Crippen molar-refractivity contribution in [3.8, 4) is 33.4 Å². The zero-order chi connectivity index (χ0) is 35.4. The van der Waals surface area contributed by atoms with Gasteiger partial charge in [0.25, 0.3) is 0 Å². The molecular weight excluding hydrogens is 671 g/mol. The van der Waals surface area contributed by atoms with E-state index >= 15 is 0 Å². The Bertz CT molecular complexity index is 2710. The number of thiophene rings is 1. The number of nitrogens with zero attached hydrogens (tertiary/aromatic N) is 1. The number of hydrogen-bond donors (Lipinski definition) is 0. The van der Waals surface area contributed by atoms with Gasteiger partial charge in [-0.05, 0) is 137 Å². The third-order valence-electron chi connectivity index (χ3n) is 13.8. The second kappa shape index (κ2) is 11.8. The lowest BCUT2D eigenvalue weighted by Gasteiger charge is -2.61.